The summed E-state index contributed by atoms with van der Waals surface area (Å²) >= 11 is 5.00. The Labute approximate surface area is 125 Å². The fraction of sp³-hybridized carbons (Fsp3) is 0.385. The molecular weight excluding hydrogens is 299 g/mol. The zero-order chi connectivity index (χ0) is 15.0. The number of thiocarbonyl (C=S) groups is 1. The van der Waals surface area contributed by atoms with Crippen LogP contribution in [0.2, 0.25) is 0 Å². The Morgan fingerprint density at radius 3 is 2.81 bits per heavy atom. The number of amides is 1. The van der Waals surface area contributed by atoms with Gasteiger partial charge in [0, 0.05) is 0 Å². The summed E-state index contributed by atoms with van der Waals surface area (Å²) in [5, 5.41) is 9.25. The Balaban J connectivity index is 1.84. The molecule has 0 spiro atoms. The number of nitrogens with zero attached hydrogens (tertiary/aromatic N) is 2. The molecule has 1 amide bonds. The molecule has 2 heterocycles. The number of carbonyl (C=O) groups excluding carboxylic acids is 1. The predicted molar refractivity (Wildman–Crippen MR) is 77.0 cm³/mol. The van der Waals surface area contributed by atoms with Gasteiger partial charge >= 0.3 is 6.09 Å². The van der Waals surface area contributed by atoms with Gasteiger partial charge in [-0.1, -0.05) is 0 Å². The molecule has 0 bridgehead atoms. The highest BCUT2D eigenvalue weighted by Crippen LogP contribution is 2.29. The van der Waals surface area contributed by atoms with Crippen LogP contribution in [-0.2, 0) is 9.47 Å². The van der Waals surface area contributed by atoms with E-state index in [4.69, 9.17) is 26.8 Å². The van der Waals surface area contributed by atoms with E-state index in [1.165, 1.54) is 11.0 Å². The first-order valence-corrected chi connectivity index (χ1v) is 6.84. The first-order valence-electron chi connectivity index (χ1n) is 6.43. The fourth-order valence-electron chi connectivity index (χ4n) is 2.32. The number of halogens is 1. The fourth-order valence-corrected chi connectivity index (χ4v) is 2.60. The molecule has 0 aromatic heterocycles. The van der Waals surface area contributed by atoms with Gasteiger partial charge in [0.2, 0.25) is 0 Å². The standard InChI is InChI=1S/C13H13FN2O4S/c14-10-5-8(16-6-9(7-17)20-12(16)18)1-2-11(10)15-3-4-19-13(15)21/h1-2,5,9,17H,3-4,6-7H2/t9-/m1/s1. The van der Waals surface area contributed by atoms with Crippen molar-refractivity contribution in [2.24, 2.45) is 0 Å². The van der Waals surface area contributed by atoms with Crippen LogP contribution in [0.4, 0.5) is 20.6 Å². The van der Waals surface area contributed by atoms with Crippen molar-refractivity contribution in [3.05, 3.63) is 24.0 Å². The Morgan fingerprint density at radius 2 is 2.24 bits per heavy atom. The number of aliphatic hydroxyl groups is 1. The van der Waals surface area contributed by atoms with E-state index in [1.54, 1.807) is 17.0 Å². The number of aliphatic hydroxyl groups excluding tert-OH is 1. The van der Waals surface area contributed by atoms with Gasteiger partial charge in [0.05, 0.1) is 31.1 Å². The average Bonchev–Trinajstić information content (AvgIpc) is 3.05. The van der Waals surface area contributed by atoms with Crippen molar-refractivity contribution in [3.63, 3.8) is 0 Å². The van der Waals surface area contributed by atoms with Gasteiger partial charge in [-0.05, 0) is 30.4 Å². The van der Waals surface area contributed by atoms with Gasteiger partial charge in [-0.2, -0.15) is 0 Å². The van der Waals surface area contributed by atoms with Gasteiger partial charge in [-0.25, -0.2) is 9.18 Å². The third kappa shape index (κ3) is 2.52. The molecule has 2 saturated heterocycles. The molecule has 112 valence electrons. The van der Waals surface area contributed by atoms with Crippen molar-refractivity contribution >= 4 is 34.9 Å². The lowest BCUT2D eigenvalue weighted by atomic mass is 10.2. The lowest BCUT2D eigenvalue weighted by molar-refractivity contribution is 0.0963. The Morgan fingerprint density at radius 1 is 1.43 bits per heavy atom. The van der Waals surface area contributed by atoms with Gasteiger partial charge in [0.25, 0.3) is 5.17 Å². The van der Waals surface area contributed by atoms with Crippen LogP contribution < -0.4 is 9.80 Å². The number of ether oxygens (including phenoxy) is 2. The summed E-state index contributed by atoms with van der Waals surface area (Å²) in [6.07, 6.45) is -1.18. The second-order valence-electron chi connectivity index (χ2n) is 4.70. The number of hydrogen-bond acceptors (Lipinski definition) is 5. The molecule has 2 fully saturated rings. The van der Waals surface area contributed by atoms with Crippen LogP contribution in [-0.4, -0.2) is 48.8 Å². The van der Waals surface area contributed by atoms with Crippen LogP contribution in [0.5, 0.6) is 0 Å². The van der Waals surface area contributed by atoms with Gasteiger partial charge < -0.3 is 14.6 Å². The molecule has 0 unspecified atom stereocenters. The molecule has 0 radical (unpaired) electrons. The number of anilines is 2. The number of carbonyl (C=O) groups is 1. The predicted octanol–water partition coefficient (Wildman–Crippen LogP) is 1.26. The van der Waals surface area contributed by atoms with E-state index in [0.717, 1.165) is 0 Å². The van der Waals surface area contributed by atoms with Crippen LogP contribution in [0.3, 0.4) is 0 Å². The van der Waals surface area contributed by atoms with E-state index in [-0.39, 0.29) is 18.3 Å². The average molecular weight is 312 g/mol. The summed E-state index contributed by atoms with van der Waals surface area (Å²) in [4.78, 5) is 14.5. The first-order chi connectivity index (χ1) is 10.1. The molecule has 21 heavy (non-hydrogen) atoms. The minimum atomic E-state index is -0.596. The van der Waals surface area contributed by atoms with Crippen LogP contribution in [0.15, 0.2) is 18.2 Å². The summed E-state index contributed by atoms with van der Waals surface area (Å²) in [6, 6.07) is 4.41. The van der Waals surface area contributed by atoms with Gasteiger partial charge in [-0.3, -0.25) is 9.80 Å². The Hall–Kier alpha value is -1.93. The van der Waals surface area contributed by atoms with E-state index in [1.807, 2.05) is 0 Å². The first kappa shape index (κ1) is 14.0. The summed E-state index contributed by atoms with van der Waals surface area (Å²) < 4.78 is 24.3. The maximum absolute atomic E-state index is 14.2. The van der Waals surface area contributed by atoms with Crippen molar-refractivity contribution in [2.75, 3.05) is 36.1 Å². The van der Waals surface area contributed by atoms with E-state index in [2.05, 4.69) is 0 Å². The summed E-state index contributed by atoms with van der Waals surface area (Å²) in [5.74, 6) is -0.499. The van der Waals surface area contributed by atoms with Crippen molar-refractivity contribution in [3.8, 4) is 0 Å². The SMILES string of the molecule is O=C1O[C@@H](CO)CN1c1ccc(N2CCOC2=S)c(F)c1. The molecule has 2 aliphatic heterocycles. The van der Waals surface area contributed by atoms with Crippen LogP contribution in [0, 0.1) is 5.82 Å². The highest BCUT2D eigenvalue weighted by atomic mass is 32.1. The number of hydrogen-bond donors (Lipinski definition) is 1. The van der Waals surface area contributed by atoms with E-state index in [9.17, 15) is 9.18 Å². The lowest BCUT2D eigenvalue weighted by Crippen LogP contribution is -2.27. The second kappa shape index (κ2) is 5.45. The quantitative estimate of drug-likeness (QED) is 0.848. The summed E-state index contributed by atoms with van der Waals surface area (Å²) in [6.45, 7) is 0.853. The van der Waals surface area contributed by atoms with Crippen LogP contribution in [0.1, 0.15) is 0 Å². The van der Waals surface area contributed by atoms with Crippen molar-refractivity contribution < 1.29 is 23.8 Å². The summed E-state index contributed by atoms with van der Waals surface area (Å²) in [5.41, 5.74) is 0.691. The minimum Gasteiger partial charge on any atom is -0.469 e. The highest BCUT2D eigenvalue weighted by molar-refractivity contribution is 7.80. The normalized spacial score (nSPS) is 21.7. The zero-order valence-corrected chi connectivity index (χ0v) is 11.8. The molecule has 1 atom stereocenters. The molecule has 0 aliphatic carbocycles. The molecule has 1 aromatic carbocycles. The van der Waals surface area contributed by atoms with E-state index in [0.29, 0.717) is 24.5 Å². The van der Waals surface area contributed by atoms with Gasteiger partial charge in [-0.15, -0.1) is 0 Å². The Bertz CT molecular complexity index is 598. The number of cyclic esters (lactones) is 1. The smallest absolute Gasteiger partial charge is 0.414 e. The molecule has 8 heteroatoms. The Kier molecular flexibility index (Phi) is 3.64. The van der Waals surface area contributed by atoms with Crippen LogP contribution in [0.25, 0.3) is 0 Å². The van der Waals surface area contributed by atoms with Crippen LogP contribution >= 0.6 is 12.2 Å². The molecule has 3 rings (SSSR count). The zero-order valence-electron chi connectivity index (χ0n) is 11.0. The number of benzene rings is 1. The second-order valence-corrected chi connectivity index (χ2v) is 5.05. The number of rotatable bonds is 3. The molecule has 2 aliphatic rings. The molecular formula is C13H13FN2O4S. The minimum absolute atomic E-state index is 0.194. The van der Waals surface area contributed by atoms with E-state index >= 15 is 0 Å². The third-order valence-electron chi connectivity index (χ3n) is 3.37. The van der Waals surface area contributed by atoms with Crippen molar-refractivity contribution in [1.29, 1.82) is 0 Å². The monoisotopic (exact) mass is 312 g/mol. The molecule has 0 saturated carbocycles. The lowest BCUT2D eigenvalue weighted by Gasteiger charge is -2.18. The molecule has 6 nitrogen and oxygen atoms in total. The highest BCUT2D eigenvalue weighted by Gasteiger charge is 2.32. The summed E-state index contributed by atoms with van der Waals surface area (Å²) in [7, 11) is 0. The van der Waals surface area contributed by atoms with Gasteiger partial charge in [0.1, 0.15) is 18.5 Å². The maximum atomic E-state index is 14.2. The van der Waals surface area contributed by atoms with Gasteiger partial charge in [0.15, 0.2) is 0 Å². The largest absolute Gasteiger partial charge is 0.469 e. The topological polar surface area (TPSA) is 62.2 Å². The third-order valence-corrected chi connectivity index (χ3v) is 3.71. The van der Waals surface area contributed by atoms with Crippen molar-refractivity contribution in [1.82, 2.24) is 0 Å². The molecule has 1 aromatic rings. The molecule has 1 N–H and O–H groups in total. The maximum Gasteiger partial charge on any atom is 0.414 e. The van der Waals surface area contributed by atoms with Crippen molar-refractivity contribution in [2.45, 2.75) is 6.10 Å². The van der Waals surface area contributed by atoms with E-state index < -0.39 is 18.0 Å².